The molecule has 1 unspecified atom stereocenters. The molecular formula is C14H27NO2. The van der Waals surface area contributed by atoms with E-state index in [-0.39, 0.29) is 0 Å². The van der Waals surface area contributed by atoms with Crippen molar-refractivity contribution in [2.24, 2.45) is 5.41 Å². The van der Waals surface area contributed by atoms with Gasteiger partial charge in [0, 0.05) is 6.04 Å². The van der Waals surface area contributed by atoms with E-state index in [0.29, 0.717) is 12.5 Å². The molecule has 0 saturated heterocycles. The van der Waals surface area contributed by atoms with Crippen LogP contribution in [0, 0.1) is 5.41 Å². The molecule has 2 N–H and O–H groups in total. The van der Waals surface area contributed by atoms with Crippen LogP contribution >= 0.6 is 0 Å². The van der Waals surface area contributed by atoms with E-state index in [4.69, 9.17) is 5.11 Å². The molecule has 0 aromatic heterocycles. The molecule has 3 nitrogen and oxygen atoms in total. The third-order valence-corrected chi connectivity index (χ3v) is 2.97. The highest BCUT2D eigenvalue weighted by atomic mass is 16.4. The summed E-state index contributed by atoms with van der Waals surface area (Å²) in [5.74, 6) is -0.725. The van der Waals surface area contributed by atoms with Gasteiger partial charge in [0.2, 0.25) is 0 Å². The SMILES string of the molecule is CC(C)=CCCC(C)NCCC(C)(C)C(=O)O. The number of carbonyl (C=O) groups is 1. The number of hydrogen-bond acceptors (Lipinski definition) is 2. The lowest BCUT2D eigenvalue weighted by Crippen LogP contribution is -2.33. The van der Waals surface area contributed by atoms with Crippen LogP contribution in [-0.2, 0) is 4.79 Å². The van der Waals surface area contributed by atoms with Gasteiger partial charge in [-0.3, -0.25) is 4.79 Å². The van der Waals surface area contributed by atoms with Gasteiger partial charge in [-0.1, -0.05) is 11.6 Å². The molecule has 0 aromatic carbocycles. The number of carboxylic acid groups (broad SMARTS) is 1. The van der Waals surface area contributed by atoms with Crippen LogP contribution in [0.3, 0.4) is 0 Å². The quantitative estimate of drug-likeness (QED) is 0.641. The van der Waals surface area contributed by atoms with Crippen molar-refractivity contribution in [3.05, 3.63) is 11.6 Å². The Kier molecular flexibility index (Phi) is 7.12. The van der Waals surface area contributed by atoms with Crippen molar-refractivity contribution >= 4 is 5.97 Å². The second kappa shape index (κ2) is 7.49. The summed E-state index contributed by atoms with van der Waals surface area (Å²) in [5.41, 5.74) is 0.719. The molecule has 0 saturated carbocycles. The Morgan fingerprint density at radius 1 is 1.41 bits per heavy atom. The molecule has 0 bridgehead atoms. The van der Waals surface area contributed by atoms with Gasteiger partial charge in [-0.05, 0) is 60.4 Å². The Morgan fingerprint density at radius 2 is 2.00 bits per heavy atom. The molecule has 1 atom stereocenters. The van der Waals surface area contributed by atoms with E-state index in [1.807, 2.05) is 0 Å². The summed E-state index contributed by atoms with van der Waals surface area (Å²) in [5, 5.41) is 12.3. The van der Waals surface area contributed by atoms with Crippen molar-refractivity contribution in [3.63, 3.8) is 0 Å². The molecule has 0 radical (unpaired) electrons. The van der Waals surface area contributed by atoms with Crippen LogP contribution in [-0.4, -0.2) is 23.7 Å². The van der Waals surface area contributed by atoms with Crippen molar-refractivity contribution in [1.82, 2.24) is 5.32 Å². The van der Waals surface area contributed by atoms with Crippen molar-refractivity contribution < 1.29 is 9.90 Å². The minimum atomic E-state index is -0.725. The predicted molar refractivity (Wildman–Crippen MR) is 72.2 cm³/mol. The third-order valence-electron chi connectivity index (χ3n) is 2.97. The molecule has 0 aliphatic heterocycles. The maximum Gasteiger partial charge on any atom is 0.309 e. The molecule has 100 valence electrons. The van der Waals surface area contributed by atoms with Crippen LogP contribution in [0.25, 0.3) is 0 Å². The molecule has 0 fully saturated rings. The predicted octanol–water partition coefficient (Wildman–Crippen LogP) is 3.21. The Bertz CT molecular complexity index is 265. The Balaban J connectivity index is 3.75. The Hall–Kier alpha value is -0.830. The molecular weight excluding hydrogens is 214 g/mol. The van der Waals surface area contributed by atoms with Crippen LogP contribution in [0.15, 0.2) is 11.6 Å². The number of allylic oxidation sites excluding steroid dienone is 2. The minimum Gasteiger partial charge on any atom is -0.481 e. The molecule has 17 heavy (non-hydrogen) atoms. The summed E-state index contributed by atoms with van der Waals surface area (Å²) in [7, 11) is 0. The first-order valence-corrected chi connectivity index (χ1v) is 6.36. The third kappa shape index (κ3) is 7.97. The van der Waals surface area contributed by atoms with E-state index in [0.717, 1.165) is 19.4 Å². The van der Waals surface area contributed by atoms with E-state index in [1.54, 1.807) is 13.8 Å². The van der Waals surface area contributed by atoms with Crippen LogP contribution in [0.5, 0.6) is 0 Å². The maximum atomic E-state index is 10.9. The first kappa shape index (κ1) is 16.2. The highest BCUT2D eigenvalue weighted by Crippen LogP contribution is 2.19. The van der Waals surface area contributed by atoms with E-state index in [2.05, 4.69) is 32.2 Å². The van der Waals surface area contributed by atoms with Gasteiger partial charge in [-0.2, -0.15) is 0 Å². The number of aliphatic carboxylic acids is 1. The summed E-state index contributed by atoms with van der Waals surface area (Å²) >= 11 is 0. The molecule has 0 spiro atoms. The summed E-state index contributed by atoms with van der Waals surface area (Å²) in [6.45, 7) is 10.7. The standard InChI is InChI=1S/C14H27NO2/c1-11(2)7-6-8-12(3)15-10-9-14(4,5)13(16)17/h7,12,15H,6,8-10H2,1-5H3,(H,16,17). The van der Waals surface area contributed by atoms with Crippen LogP contribution in [0.1, 0.15) is 53.9 Å². The van der Waals surface area contributed by atoms with Crippen molar-refractivity contribution in [2.45, 2.75) is 59.9 Å². The molecule has 0 aliphatic rings. The summed E-state index contributed by atoms with van der Waals surface area (Å²) in [6, 6.07) is 0.440. The van der Waals surface area contributed by atoms with Gasteiger partial charge in [-0.25, -0.2) is 0 Å². The topological polar surface area (TPSA) is 49.3 Å². The van der Waals surface area contributed by atoms with Crippen LogP contribution < -0.4 is 5.32 Å². The number of rotatable bonds is 8. The first-order valence-electron chi connectivity index (χ1n) is 6.36. The monoisotopic (exact) mass is 241 g/mol. The van der Waals surface area contributed by atoms with E-state index >= 15 is 0 Å². The zero-order chi connectivity index (χ0) is 13.5. The van der Waals surface area contributed by atoms with Crippen molar-refractivity contribution in [3.8, 4) is 0 Å². The zero-order valence-corrected chi connectivity index (χ0v) is 11.8. The normalized spacial score (nSPS) is 13.2. The number of hydrogen-bond donors (Lipinski definition) is 2. The molecule has 3 heteroatoms. The summed E-state index contributed by atoms with van der Waals surface area (Å²) < 4.78 is 0. The maximum absolute atomic E-state index is 10.9. The molecule has 0 rings (SSSR count). The average Bonchev–Trinajstić information content (AvgIpc) is 2.16. The summed E-state index contributed by atoms with van der Waals surface area (Å²) in [4.78, 5) is 10.9. The smallest absolute Gasteiger partial charge is 0.309 e. The zero-order valence-electron chi connectivity index (χ0n) is 11.8. The molecule has 0 aliphatic carbocycles. The highest BCUT2D eigenvalue weighted by molar-refractivity contribution is 5.73. The van der Waals surface area contributed by atoms with Gasteiger partial charge in [0.05, 0.1) is 5.41 Å². The van der Waals surface area contributed by atoms with E-state index in [9.17, 15) is 4.79 Å². The fraction of sp³-hybridized carbons (Fsp3) is 0.786. The van der Waals surface area contributed by atoms with E-state index < -0.39 is 11.4 Å². The fourth-order valence-corrected chi connectivity index (χ4v) is 1.46. The first-order chi connectivity index (χ1) is 7.75. The van der Waals surface area contributed by atoms with Gasteiger partial charge in [0.25, 0.3) is 0 Å². The Labute approximate surface area is 105 Å². The largest absolute Gasteiger partial charge is 0.481 e. The van der Waals surface area contributed by atoms with Crippen LogP contribution in [0.4, 0.5) is 0 Å². The van der Waals surface area contributed by atoms with Gasteiger partial charge in [0.1, 0.15) is 0 Å². The van der Waals surface area contributed by atoms with Crippen molar-refractivity contribution in [1.29, 1.82) is 0 Å². The van der Waals surface area contributed by atoms with Gasteiger partial charge < -0.3 is 10.4 Å². The van der Waals surface area contributed by atoms with E-state index in [1.165, 1.54) is 5.57 Å². The second-order valence-electron chi connectivity index (χ2n) is 5.65. The Morgan fingerprint density at radius 3 is 2.47 bits per heavy atom. The number of nitrogens with one attached hydrogen (secondary N) is 1. The average molecular weight is 241 g/mol. The lowest BCUT2D eigenvalue weighted by Gasteiger charge is -2.21. The van der Waals surface area contributed by atoms with Crippen molar-refractivity contribution in [2.75, 3.05) is 6.54 Å². The molecule has 0 amide bonds. The summed E-state index contributed by atoms with van der Waals surface area (Å²) in [6.07, 6.45) is 5.08. The van der Waals surface area contributed by atoms with Gasteiger partial charge >= 0.3 is 5.97 Å². The van der Waals surface area contributed by atoms with Gasteiger partial charge in [0.15, 0.2) is 0 Å². The van der Waals surface area contributed by atoms with Gasteiger partial charge in [-0.15, -0.1) is 0 Å². The lowest BCUT2D eigenvalue weighted by molar-refractivity contribution is -0.147. The fourth-order valence-electron chi connectivity index (χ4n) is 1.46. The second-order valence-corrected chi connectivity index (χ2v) is 5.65. The van der Waals surface area contributed by atoms with Crippen LogP contribution in [0.2, 0.25) is 0 Å². The lowest BCUT2D eigenvalue weighted by atomic mass is 9.89. The highest BCUT2D eigenvalue weighted by Gasteiger charge is 2.26. The molecule has 0 aromatic rings. The molecule has 0 heterocycles. The number of carboxylic acids is 1. The minimum absolute atomic E-state index is 0.440.